The number of carbonyl (C=O) groups is 1. The fourth-order valence-corrected chi connectivity index (χ4v) is 3.75. The Labute approximate surface area is 163 Å². The van der Waals surface area contributed by atoms with Crippen molar-refractivity contribution >= 4 is 16.7 Å². The molecule has 2 unspecified atom stereocenters. The molecular weight excluding hydrogens is 354 g/mol. The monoisotopic (exact) mass is 377 g/mol. The largest absolute Gasteiger partial charge is 0.372 e. The number of hydrogen-bond donors (Lipinski definition) is 0. The van der Waals surface area contributed by atoms with E-state index in [1.807, 2.05) is 56.3 Å². The van der Waals surface area contributed by atoms with Crippen molar-refractivity contribution in [3.05, 3.63) is 76.2 Å². The van der Waals surface area contributed by atoms with Crippen LogP contribution in [0.1, 0.15) is 29.9 Å². The van der Waals surface area contributed by atoms with Crippen LogP contribution in [0.3, 0.4) is 0 Å². The van der Waals surface area contributed by atoms with E-state index in [0.717, 1.165) is 5.56 Å². The number of fused-ring (bicyclic) bond motifs is 1. The highest BCUT2D eigenvalue weighted by atomic mass is 16.5. The van der Waals surface area contributed by atoms with Gasteiger partial charge in [-0.05, 0) is 25.5 Å². The number of rotatable bonds is 3. The minimum Gasteiger partial charge on any atom is -0.372 e. The van der Waals surface area contributed by atoms with Crippen molar-refractivity contribution in [2.24, 2.45) is 0 Å². The van der Waals surface area contributed by atoms with E-state index in [2.05, 4.69) is 5.10 Å². The Morgan fingerprint density at radius 3 is 2.29 bits per heavy atom. The average Bonchev–Trinajstić information content (AvgIpc) is 2.70. The Kier molecular flexibility index (Phi) is 4.96. The maximum absolute atomic E-state index is 13.3. The van der Waals surface area contributed by atoms with Crippen LogP contribution in [0, 0.1) is 0 Å². The molecule has 144 valence electrons. The summed E-state index contributed by atoms with van der Waals surface area (Å²) < 4.78 is 7.13. The molecule has 0 aliphatic carbocycles. The van der Waals surface area contributed by atoms with E-state index in [9.17, 15) is 9.59 Å². The van der Waals surface area contributed by atoms with Crippen LogP contribution in [0.15, 0.2) is 59.4 Å². The lowest BCUT2D eigenvalue weighted by Crippen LogP contribution is -2.48. The Bertz CT molecular complexity index is 1050. The van der Waals surface area contributed by atoms with Gasteiger partial charge in [0.1, 0.15) is 0 Å². The molecule has 1 saturated heterocycles. The van der Waals surface area contributed by atoms with Gasteiger partial charge in [-0.3, -0.25) is 9.59 Å². The van der Waals surface area contributed by atoms with Crippen LogP contribution in [0.25, 0.3) is 10.8 Å². The minimum absolute atomic E-state index is 0.0332. The molecule has 0 saturated carbocycles. The summed E-state index contributed by atoms with van der Waals surface area (Å²) in [5, 5.41) is 5.59. The van der Waals surface area contributed by atoms with Crippen LogP contribution in [0.5, 0.6) is 0 Å². The molecule has 6 heteroatoms. The van der Waals surface area contributed by atoms with Crippen LogP contribution in [-0.4, -0.2) is 45.9 Å². The van der Waals surface area contributed by atoms with E-state index in [0.29, 0.717) is 36.1 Å². The molecule has 28 heavy (non-hydrogen) atoms. The van der Waals surface area contributed by atoms with Gasteiger partial charge in [0.25, 0.3) is 11.5 Å². The van der Waals surface area contributed by atoms with Gasteiger partial charge in [-0.2, -0.15) is 5.10 Å². The van der Waals surface area contributed by atoms with Crippen molar-refractivity contribution in [1.82, 2.24) is 14.7 Å². The molecule has 1 aromatic heterocycles. The normalized spacial score (nSPS) is 19.7. The maximum Gasteiger partial charge on any atom is 0.275 e. The first-order chi connectivity index (χ1) is 13.5. The summed E-state index contributed by atoms with van der Waals surface area (Å²) in [6, 6.07) is 16.8. The first-order valence-electron chi connectivity index (χ1n) is 9.51. The summed E-state index contributed by atoms with van der Waals surface area (Å²) in [4.78, 5) is 28.0. The van der Waals surface area contributed by atoms with Crippen LogP contribution in [0.4, 0.5) is 0 Å². The van der Waals surface area contributed by atoms with Crippen molar-refractivity contribution in [1.29, 1.82) is 0 Å². The first kappa shape index (κ1) is 18.4. The lowest BCUT2D eigenvalue weighted by molar-refractivity contribution is -0.0587. The quantitative estimate of drug-likeness (QED) is 0.704. The fraction of sp³-hybridized carbons (Fsp3) is 0.318. The van der Waals surface area contributed by atoms with Gasteiger partial charge in [-0.1, -0.05) is 48.5 Å². The molecule has 4 rings (SSSR count). The zero-order valence-electron chi connectivity index (χ0n) is 16.0. The van der Waals surface area contributed by atoms with Crippen molar-refractivity contribution in [3.63, 3.8) is 0 Å². The van der Waals surface area contributed by atoms with E-state index < -0.39 is 0 Å². The Hall–Kier alpha value is -2.99. The number of ether oxygens (including phenoxy) is 1. The van der Waals surface area contributed by atoms with Crippen molar-refractivity contribution in [2.45, 2.75) is 32.6 Å². The predicted molar refractivity (Wildman–Crippen MR) is 107 cm³/mol. The first-order valence-corrected chi connectivity index (χ1v) is 9.51. The highest BCUT2D eigenvalue weighted by molar-refractivity contribution is 6.04. The molecule has 1 fully saturated rings. The molecule has 1 aliphatic rings. The van der Waals surface area contributed by atoms with Gasteiger partial charge in [0.05, 0.1) is 24.1 Å². The zero-order valence-corrected chi connectivity index (χ0v) is 16.0. The van der Waals surface area contributed by atoms with E-state index in [4.69, 9.17) is 4.74 Å². The third-order valence-corrected chi connectivity index (χ3v) is 4.95. The number of nitrogens with zero attached hydrogens (tertiary/aromatic N) is 3. The molecule has 0 N–H and O–H groups in total. The molecule has 6 nitrogen and oxygen atoms in total. The van der Waals surface area contributed by atoms with Crippen LogP contribution in [-0.2, 0) is 11.3 Å². The number of amides is 1. The second-order valence-electron chi connectivity index (χ2n) is 7.31. The van der Waals surface area contributed by atoms with Crippen molar-refractivity contribution in [2.75, 3.05) is 13.1 Å². The Morgan fingerprint density at radius 2 is 1.61 bits per heavy atom. The standard InChI is InChI=1S/C22H23N3O3/c1-15-12-24(13-16(2)28-15)22(27)20-18-10-6-7-11-19(18)21(26)25(23-20)14-17-8-4-3-5-9-17/h3-11,15-16H,12-14H2,1-2H3. The van der Waals surface area contributed by atoms with Gasteiger partial charge >= 0.3 is 0 Å². The Balaban J connectivity index is 1.80. The van der Waals surface area contributed by atoms with Gasteiger partial charge in [-0.25, -0.2) is 4.68 Å². The second-order valence-corrected chi connectivity index (χ2v) is 7.31. The lowest BCUT2D eigenvalue weighted by Gasteiger charge is -2.35. The number of benzene rings is 2. The summed E-state index contributed by atoms with van der Waals surface area (Å²) in [6.07, 6.45) is -0.0663. The van der Waals surface area contributed by atoms with Gasteiger partial charge in [-0.15, -0.1) is 0 Å². The van der Waals surface area contributed by atoms with Gasteiger partial charge in [0, 0.05) is 18.5 Å². The molecule has 2 heterocycles. The molecule has 0 radical (unpaired) electrons. The molecule has 3 aromatic rings. The average molecular weight is 377 g/mol. The molecule has 1 amide bonds. The van der Waals surface area contributed by atoms with Crippen LogP contribution in [0.2, 0.25) is 0 Å². The Morgan fingerprint density at radius 1 is 1.00 bits per heavy atom. The minimum atomic E-state index is -0.195. The van der Waals surface area contributed by atoms with E-state index in [-0.39, 0.29) is 23.7 Å². The SMILES string of the molecule is CC1CN(C(=O)c2nn(Cc3ccccc3)c(=O)c3ccccc23)CC(C)O1. The summed E-state index contributed by atoms with van der Waals surface area (Å²) in [5.41, 5.74) is 1.08. The van der Waals surface area contributed by atoms with E-state index >= 15 is 0 Å². The number of morpholine rings is 1. The lowest BCUT2D eigenvalue weighted by atomic mass is 10.1. The third kappa shape index (κ3) is 3.55. The number of carbonyl (C=O) groups excluding carboxylic acids is 1. The fourth-order valence-electron chi connectivity index (χ4n) is 3.75. The second kappa shape index (κ2) is 7.56. The molecular formula is C22H23N3O3. The summed E-state index contributed by atoms with van der Waals surface area (Å²) in [7, 11) is 0. The number of aromatic nitrogens is 2. The predicted octanol–water partition coefficient (Wildman–Crippen LogP) is 2.69. The maximum atomic E-state index is 13.3. The summed E-state index contributed by atoms with van der Waals surface area (Å²) in [5.74, 6) is -0.167. The van der Waals surface area contributed by atoms with Crippen molar-refractivity contribution < 1.29 is 9.53 Å². The summed E-state index contributed by atoms with van der Waals surface area (Å²) in [6.45, 7) is 5.25. The van der Waals surface area contributed by atoms with Crippen LogP contribution >= 0.6 is 0 Å². The van der Waals surface area contributed by atoms with Crippen molar-refractivity contribution in [3.8, 4) is 0 Å². The molecule has 1 aliphatic heterocycles. The molecule has 2 aromatic carbocycles. The van der Waals surface area contributed by atoms with E-state index in [1.54, 1.807) is 17.0 Å². The van der Waals surface area contributed by atoms with Gasteiger partial charge in [0.15, 0.2) is 5.69 Å². The highest BCUT2D eigenvalue weighted by Crippen LogP contribution is 2.19. The van der Waals surface area contributed by atoms with Gasteiger partial charge < -0.3 is 9.64 Å². The zero-order chi connectivity index (χ0) is 19.7. The smallest absolute Gasteiger partial charge is 0.275 e. The molecule has 2 atom stereocenters. The third-order valence-electron chi connectivity index (χ3n) is 4.95. The topological polar surface area (TPSA) is 64.4 Å². The molecule has 0 spiro atoms. The van der Waals surface area contributed by atoms with Crippen LogP contribution < -0.4 is 5.56 Å². The van der Waals surface area contributed by atoms with E-state index in [1.165, 1.54) is 4.68 Å². The molecule has 0 bridgehead atoms. The van der Waals surface area contributed by atoms with Gasteiger partial charge in [0.2, 0.25) is 0 Å². The summed E-state index contributed by atoms with van der Waals surface area (Å²) >= 11 is 0. The highest BCUT2D eigenvalue weighted by Gasteiger charge is 2.29. The number of hydrogen-bond acceptors (Lipinski definition) is 4.